The summed E-state index contributed by atoms with van der Waals surface area (Å²) in [5.41, 5.74) is 7.58. The van der Waals surface area contributed by atoms with E-state index < -0.39 is 0 Å². The number of hydrogen-bond donors (Lipinski definition) is 1. The standard InChI is InChI=1S/C14H17N/c1-3-14(15)11-7-8-12(2)13-9-5-4-6-10-13/h3-12H,1,15H2,2H3/b8-7+,14-11+. The minimum Gasteiger partial charge on any atom is -0.399 e. The third kappa shape index (κ3) is 3.86. The van der Waals surface area contributed by atoms with Gasteiger partial charge in [-0.15, -0.1) is 0 Å². The van der Waals surface area contributed by atoms with Gasteiger partial charge in [-0.1, -0.05) is 56.0 Å². The summed E-state index contributed by atoms with van der Waals surface area (Å²) in [4.78, 5) is 0. The van der Waals surface area contributed by atoms with E-state index in [1.165, 1.54) is 5.56 Å². The van der Waals surface area contributed by atoms with Crippen LogP contribution in [0.1, 0.15) is 18.4 Å². The summed E-state index contributed by atoms with van der Waals surface area (Å²) >= 11 is 0. The molecule has 1 aromatic carbocycles. The molecule has 1 rings (SSSR count). The molecule has 1 unspecified atom stereocenters. The van der Waals surface area contributed by atoms with Crippen LogP contribution in [0, 0.1) is 0 Å². The molecule has 0 spiro atoms. The van der Waals surface area contributed by atoms with Crippen LogP contribution in [0.3, 0.4) is 0 Å². The lowest BCUT2D eigenvalue weighted by Crippen LogP contribution is -1.91. The maximum Gasteiger partial charge on any atom is 0.0307 e. The second kappa shape index (κ2) is 5.86. The molecule has 1 heteroatoms. The smallest absolute Gasteiger partial charge is 0.0307 e. The number of rotatable bonds is 4. The van der Waals surface area contributed by atoms with E-state index in [2.05, 4.69) is 31.7 Å². The monoisotopic (exact) mass is 199 g/mol. The molecule has 0 saturated heterocycles. The van der Waals surface area contributed by atoms with Gasteiger partial charge in [0.15, 0.2) is 0 Å². The molecule has 0 radical (unpaired) electrons. The molecular formula is C14H17N. The van der Waals surface area contributed by atoms with Gasteiger partial charge in [0.1, 0.15) is 0 Å². The van der Waals surface area contributed by atoms with E-state index in [4.69, 9.17) is 5.73 Å². The molecule has 0 saturated carbocycles. The van der Waals surface area contributed by atoms with Crippen molar-refractivity contribution in [2.45, 2.75) is 12.8 Å². The van der Waals surface area contributed by atoms with Crippen LogP contribution in [-0.2, 0) is 0 Å². The zero-order chi connectivity index (χ0) is 11.1. The predicted octanol–water partition coefficient (Wildman–Crippen LogP) is 3.37. The van der Waals surface area contributed by atoms with Gasteiger partial charge in [0.2, 0.25) is 0 Å². The molecule has 0 aromatic heterocycles. The van der Waals surface area contributed by atoms with E-state index in [1.807, 2.05) is 30.4 Å². The highest BCUT2D eigenvalue weighted by atomic mass is 14.5. The second-order valence-electron chi connectivity index (χ2n) is 3.46. The molecule has 0 aliphatic heterocycles. The first-order chi connectivity index (χ1) is 7.24. The van der Waals surface area contributed by atoms with Crippen molar-refractivity contribution >= 4 is 0 Å². The molecule has 78 valence electrons. The Bertz CT molecular complexity index is 360. The van der Waals surface area contributed by atoms with E-state index in [0.29, 0.717) is 11.6 Å². The Hall–Kier alpha value is -1.76. The van der Waals surface area contributed by atoms with Gasteiger partial charge < -0.3 is 5.73 Å². The van der Waals surface area contributed by atoms with Crippen LogP contribution in [0.2, 0.25) is 0 Å². The van der Waals surface area contributed by atoms with Crippen molar-refractivity contribution in [3.8, 4) is 0 Å². The molecule has 15 heavy (non-hydrogen) atoms. The summed E-state index contributed by atoms with van der Waals surface area (Å²) in [6, 6.07) is 10.4. The molecule has 1 nitrogen and oxygen atoms in total. The van der Waals surface area contributed by atoms with Crippen molar-refractivity contribution in [1.29, 1.82) is 0 Å². The quantitative estimate of drug-likeness (QED) is 0.739. The highest BCUT2D eigenvalue weighted by Crippen LogP contribution is 2.15. The van der Waals surface area contributed by atoms with E-state index in [-0.39, 0.29) is 0 Å². The van der Waals surface area contributed by atoms with Gasteiger partial charge in [-0.05, 0) is 23.6 Å². The van der Waals surface area contributed by atoms with Crippen molar-refractivity contribution in [3.63, 3.8) is 0 Å². The van der Waals surface area contributed by atoms with Crippen molar-refractivity contribution in [2.24, 2.45) is 5.73 Å². The van der Waals surface area contributed by atoms with Gasteiger partial charge in [0, 0.05) is 5.70 Å². The Morgan fingerprint density at radius 1 is 1.33 bits per heavy atom. The molecule has 0 aliphatic carbocycles. The highest BCUT2D eigenvalue weighted by molar-refractivity contribution is 5.25. The largest absolute Gasteiger partial charge is 0.399 e. The van der Waals surface area contributed by atoms with E-state index >= 15 is 0 Å². The van der Waals surface area contributed by atoms with Crippen molar-refractivity contribution in [1.82, 2.24) is 0 Å². The van der Waals surface area contributed by atoms with E-state index in [9.17, 15) is 0 Å². The van der Waals surface area contributed by atoms with Crippen molar-refractivity contribution < 1.29 is 0 Å². The van der Waals surface area contributed by atoms with Gasteiger partial charge in [0.05, 0.1) is 0 Å². The third-order valence-electron chi connectivity index (χ3n) is 2.25. The molecule has 0 bridgehead atoms. The molecule has 0 aliphatic rings. The summed E-state index contributed by atoms with van der Waals surface area (Å²) in [5, 5.41) is 0. The lowest BCUT2D eigenvalue weighted by molar-refractivity contribution is 0.967. The number of nitrogens with two attached hydrogens (primary N) is 1. The van der Waals surface area contributed by atoms with Gasteiger partial charge >= 0.3 is 0 Å². The maximum atomic E-state index is 5.59. The van der Waals surface area contributed by atoms with Crippen LogP contribution >= 0.6 is 0 Å². The van der Waals surface area contributed by atoms with E-state index in [0.717, 1.165) is 0 Å². The molecule has 0 amide bonds. The molecule has 2 N–H and O–H groups in total. The summed E-state index contributed by atoms with van der Waals surface area (Å²) in [6.45, 7) is 5.75. The van der Waals surface area contributed by atoms with Crippen LogP contribution in [0.4, 0.5) is 0 Å². The van der Waals surface area contributed by atoms with Crippen LogP contribution in [-0.4, -0.2) is 0 Å². The second-order valence-corrected chi connectivity index (χ2v) is 3.46. The molecule has 0 fully saturated rings. The fourth-order valence-electron chi connectivity index (χ4n) is 1.27. The fraction of sp³-hybridized carbons (Fsp3) is 0.143. The zero-order valence-corrected chi connectivity index (χ0v) is 9.06. The Balaban J connectivity index is 2.64. The topological polar surface area (TPSA) is 26.0 Å². The zero-order valence-electron chi connectivity index (χ0n) is 9.06. The molecular weight excluding hydrogens is 182 g/mol. The third-order valence-corrected chi connectivity index (χ3v) is 2.25. The van der Waals surface area contributed by atoms with Gasteiger partial charge in [-0.2, -0.15) is 0 Å². The lowest BCUT2D eigenvalue weighted by Gasteiger charge is -2.04. The average Bonchev–Trinajstić information content (AvgIpc) is 2.29. The highest BCUT2D eigenvalue weighted by Gasteiger charge is 1.97. The molecule has 1 aromatic rings. The minimum absolute atomic E-state index is 0.403. The minimum atomic E-state index is 0.403. The summed E-state index contributed by atoms with van der Waals surface area (Å²) in [7, 11) is 0. The number of benzene rings is 1. The van der Waals surface area contributed by atoms with Crippen LogP contribution < -0.4 is 5.73 Å². The first-order valence-corrected chi connectivity index (χ1v) is 5.05. The number of hydrogen-bond acceptors (Lipinski definition) is 1. The Morgan fingerprint density at radius 2 is 2.00 bits per heavy atom. The Labute approximate surface area is 91.6 Å². The van der Waals surface area contributed by atoms with Gasteiger partial charge in [-0.25, -0.2) is 0 Å². The lowest BCUT2D eigenvalue weighted by atomic mass is 10.0. The molecule has 0 heterocycles. The predicted molar refractivity (Wildman–Crippen MR) is 66.5 cm³/mol. The van der Waals surface area contributed by atoms with E-state index in [1.54, 1.807) is 6.08 Å². The summed E-state index contributed by atoms with van der Waals surface area (Å²) in [6.07, 6.45) is 7.57. The Kier molecular flexibility index (Phi) is 4.42. The van der Waals surface area contributed by atoms with Crippen molar-refractivity contribution in [3.05, 3.63) is 72.5 Å². The molecule has 1 atom stereocenters. The Morgan fingerprint density at radius 3 is 2.60 bits per heavy atom. The maximum absolute atomic E-state index is 5.59. The average molecular weight is 199 g/mol. The van der Waals surface area contributed by atoms with Crippen LogP contribution in [0.5, 0.6) is 0 Å². The van der Waals surface area contributed by atoms with Crippen LogP contribution in [0.25, 0.3) is 0 Å². The number of allylic oxidation sites excluding steroid dienone is 4. The fourth-order valence-corrected chi connectivity index (χ4v) is 1.27. The summed E-state index contributed by atoms with van der Waals surface area (Å²) < 4.78 is 0. The first-order valence-electron chi connectivity index (χ1n) is 5.05. The van der Waals surface area contributed by atoms with Crippen molar-refractivity contribution in [2.75, 3.05) is 0 Å². The first kappa shape index (κ1) is 11.3. The normalized spacial score (nSPS) is 14.1. The van der Waals surface area contributed by atoms with Crippen LogP contribution in [0.15, 0.2) is 66.9 Å². The van der Waals surface area contributed by atoms with Gasteiger partial charge in [-0.3, -0.25) is 0 Å². The SMILES string of the molecule is C=C/C(N)=C\C=C\C(C)c1ccccc1. The summed E-state index contributed by atoms with van der Waals surface area (Å²) in [5.74, 6) is 0.403. The van der Waals surface area contributed by atoms with Gasteiger partial charge in [0.25, 0.3) is 0 Å².